The van der Waals surface area contributed by atoms with Crippen LogP contribution in [0.4, 0.5) is 19.4 Å². The van der Waals surface area contributed by atoms with Crippen LogP contribution in [0.15, 0.2) is 18.2 Å². The summed E-state index contributed by atoms with van der Waals surface area (Å²) in [7, 11) is -10.5. The molecule has 1 aromatic carbocycles. The van der Waals surface area contributed by atoms with Gasteiger partial charge < -0.3 is 9.84 Å². The van der Waals surface area contributed by atoms with E-state index in [1.54, 1.807) is 0 Å². The molecular weight excluding hydrogens is 450 g/mol. The summed E-state index contributed by atoms with van der Waals surface area (Å²) in [6, 6.07) is 3.39. The second-order valence-electron chi connectivity index (χ2n) is 6.46. The number of halogens is 7. The van der Waals surface area contributed by atoms with Gasteiger partial charge in [0.1, 0.15) is 6.10 Å². The molecule has 0 aliphatic rings. The zero-order valence-corrected chi connectivity index (χ0v) is 17.5. The maximum atomic E-state index is 13.5. The minimum absolute atomic E-state index is 0.228. The van der Waals surface area contributed by atoms with E-state index >= 15 is 0 Å². The number of hydrogen-bond acceptors (Lipinski definition) is 3. The first-order chi connectivity index (χ1) is 12.7. The second-order valence-corrected chi connectivity index (χ2v) is 9.84. The first-order valence-electron chi connectivity index (χ1n) is 8.70. The van der Waals surface area contributed by atoms with Crippen molar-refractivity contribution in [1.29, 1.82) is 0 Å². The van der Waals surface area contributed by atoms with E-state index in [2.05, 4.69) is 4.74 Å². The average molecular weight is 473 g/mol. The summed E-state index contributed by atoms with van der Waals surface area (Å²) in [5, 5.41) is 5.01. The number of ether oxygens (including phenoxy) is 1. The maximum Gasteiger partial charge on any atom is 0.331 e. The van der Waals surface area contributed by atoms with E-state index in [9.17, 15) is 29.3 Å². The molecule has 1 N–H and O–H groups in total. The van der Waals surface area contributed by atoms with Crippen molar-refractivity contribution >= 4 is 39.4 Å². The van der Waals surface area contributed by atoms with Crippen molar-refractivity contribution < 1.29 is 34.1 Å². The first kappa shape index (κ1) is 25.3. The van der Waals surface area contributed by atoms with Gasteiger partial charge in [-0.2, -0.15) is 0 Å². The van der Waals surface area contributed by atoms with Crippen molar-refractivity contribution in [3.8, 4) is 0 Å². The van der Waals surface area contributed by atoms with E-state index in [4.69, 9.17) is 23.2 Å². The highest BCUT2D eigenvalue weighted by Crippen LogP contribution is 3.01. The molecule has 0 aliphatic heterocycles. The van der Waals surface area contributed by atoms with Crippen LogP contribution >= 0.6 is 33.4 Å². The zero-order chi connectivity index (χ0) is 21.7. The van der Waals surface area contributed by atoms with Crippen LogP contribution in [0.5, 0.6) is 0 Å². The number of aliphatic hydroxyl groups is 1. The van der Waals surface area contributed by atoms with Crippen LogP contribution in [-0.2, 0) is 9.53 Å². The monoisotopic (exact) mass is 472 g/mol. The molecule has 0 unspecified atom stereocenters. The molecule has 0 radical (unpaired) electrons. The van der Waals surface area contributed by atoms with Gasteiger partial charge in [0.25, 0.3) is 0 Å². The van der Waals surface area contributed by atoms with Crippen molar-refractivity contribution in [2.24, 2.45) is 0 Å². The van der Waals surface area contributed by atoms with Crippen LogP contribution in [0.3, 0.4) is 0 Å². The van der Waals surface area contributed by atoms with E-state index in [0.717, 1.165) is 37.8 Å². The lowest BCUT2D eigenvalue weighted by Crippen LogP contribution is -2.40. The third-order valence-corrected chi connectivity index (χ3v) is 6.11. The summed E-state index contributed by atoms with van der Waals surface area (Å²) in [5.74, 6) is -2.25. The van der Waals surface area contributed by atoms with Crippen molar-refractivity contribution in [1.82, 2.24) is 0 Å². The number of carbonyl (C=O) groups excluding carboxylic acids is 1. The lowest BCUT2D eigenvalue weighted by Gasteiger charge is -2.47. The predicted octanol–water partition coefficient (Wildman–Crippen LogP) is 7.60. The summed E-state index contributed by atoms with van der Waals surface area (Å²) in [6.07, 6.45) is 1.50. The Labute approximate surface area is 170 Å². The van der Waals surface area contributed by atoms with Crippen LogP contribution < -0.4 is 0 Å². The molecule has 0 saturated heterocycles. The molecule has 0 bridgehead atoms. The number of benzene rings is 1. The number of unbranched alkanes of at least 4 members (excludes halogenated alkanes) is 5. The fourth-order valence-electron chi connectivity index (χ4n) is 2.64. The van der Waals surface area contributed by atoms with Gasteiger partial charge in [-0.1, -0.05) is 87.7 Å². The van der Waals surface area contributed by atoms with Crippen LogP contribution in [0.25, 0.3) is 0 Å². The van der Waals surface area contributed by atoms with E-state index in [-0.39, 0.29) is 6.42 Å². The Balaban J connectivity index is 2.98. The molecular formula is C17H23Cl2F5O3S. The smallest absolute Gasteiger partial charge is 0.331 e. The molecule has 28 heavy (non-hydrogen) atoms. The molecule has 0 saturated carbocycles. The van der Waals surface area contributed by atoms with E-state index in [1.165, 1.54) is 6.07 Å². The molecule has 0 spiro atoms. The van der Waals surface area contributed by atoms with Gasteiger partial charge in [0.05, 0.1) is 6.61 Å². The third kappa shape index (κ3) is 7.57. The molecule has 0 fully saturated rings. The fraction of sp³-hybridized carbons (Fsp3) is 0.588. The Morgan fingerprint density at radius 1 is 1.04 bits per heavy atom. The van der Waals surface area contributed by atoms with Gasteiger partial charge in [0, 0.05) is 15.6 Å². The Kier molecular flexibility index (Phi) is 8.06. The van der Waals surface area contributed by atoms with Crippen LogP contribution in [0, 0.1) is 0 Å². The highest BCUT2D eigenvalue weighted by Gasteiger charge is 2.76. The number of rotatable bonds is 11. The Morgan fingerprint density at radius 2 is 1.54 bits per heavy atom. The highest BCUT2D eigenvalue weighted by atomic mass is 35.5. The molecule has 3 nitrogen and oxygen atoms in total. The van der Waals surface area contributed by atoms with Crippen LogP contribution in [-0.4, -0.2) is 22.9 Å². The topological polar surface area (TPSA) is 46.5 Å². The van der Waals surface area contributed by atoms with E-state index < -0.39 is 49.8 Å². The van der Waals surface area contributed by atoms with E-state index in [0.29, 0.717) is 6.42 Å². The molecule has 0 amide bonds. The molecule has 0 aromatic heterocycles. The molecule has 1 aromatic rings. The average Bonchev–Trinajstić information content (AvgIpc) is 2.51. The molecule has 1 rings (SSSR count). The summed E-state index contributed by atoms with van der Waals surface area (Å²) in [6.45, 7) is 1.55. The number of esters is 1. The van der Waals surface area contributed by atoms with Crippen molar-refractivity contribution in [3.63, 3.8) is 0 Å². The van der Waals surface area contributed by atoms with Gasteiger partial charge in [0.15, 0.2) is 0 Å². The van der Waals surface area contributed by atoms with Crippen molar-refractivity contribution in [3.05, 3.63) is 33.8 Å². The molecule has 164 valence electrons. The standard InChI is InChI=1S/C17H23Cl2F5O3S/c1-2-3-4-5-6-7-11-27-17(26)16(28(20,21,22,23)24)15(25)14-12(18)9-8-10-13(14)19/h8-10,15-16,25H,2-7,11H2,1H3/t15-,16-/m1/s1. The number of hydrogen-bond donors (Lipinski definition) is 1. The Hall–Kier alpha value is -0.770. The van der Waals surface area contributed by atoms with Crippen molar-refractivity contribution in [2.45, 2.75) is 56.8 Å². The van der Waals surface area contributed by atoms with Gasteiger partial charge in [0.2, 0.25) is 5.25 Å². The quantitative estimate of drug-likeness (QED) is 0.205. The SMILES string of the molecule is CCCCCCCCOC(=O)[C@@H]([C@H](O)c1c(Cl)cccc1Cl)S(F)(F)(F)(F)F. The maximum absolute atomic E-state index is 13.5. The third-order valence-electron chi connectivity index (χ3n) is 4.04. The van der Waals surface area contributed by atoms with Gasteiger partial charge in [-0.25, -0.2) is 0 Å². The Morgan fingerprint density at radius 3 is 2.04 bits per heavy atom. The summed E-state index contributed by atoms with van der Waals surface area (Å²) >= 11 is 11.4. The van der Waals surface area contributed by atoms with Gasteiger partial charge in [-0.05, 0) is 18.6 Å². The highest BCUT2D eigenvalue weighted by molar-refractivity contribution is 8.46. The molecule has 11 heteroatoms. The normalized spacial score (nSPS) is 16.8. The van der Waals surface area contributed by atoms with Crippen LogP contribution in [0.2, 0.25) is 10.0 Å². The molecule has 2 atom stereocenters. The fourth-order valence-corrected chi connectivity index (χ4v) is 4.31. The molecule has 0 heterocycles. The zero-order valence-electron chi connectivity index (χ0n) is 15.2. The molecule has 0 aliphatic carbocycles. The second kappa shape index (κ2) is 8.93. The minimum Gasteiger partial charge on any atom is -0.465 e. The van der Waals surface area contributed by atoms with Crippen molar-refractivity contribution in [2.75, 3.05) is 6.61 Å². The van der Waals surface area contributed by atoms with Crippen LogP contribution in [0.1, 0.15) is 57.1 Å². The summed E-state index contributed by atoms with van der Waals surface area (Å²) in [4.78, 5) is 11.9. The predicted molar refractivity (Wildman–Crippen MR) is 103 cm³/mol. The number of carbonyl (C=O) groups is 1. The summed E-state index contributed by atoms with van der Waals surface area (Å²) in [5.41, 5.74) is -0.805. The van der Waals surface area contributed by atoms with Gasteiger partial charge >= 0.3 is 16.2 Å². The summed E-state index contributed by atoms with van der Waals surface area (Å²) < 4.78 is 71.9. The largest absolute Gasteiger partial charge is 0.465 e. The van der Waals surface area contributed by atoms with Gasteiger partial charge in [-0.15, -0.1) is 0 Å². The lowest BCUT2D eigenvalue weighted by atomic mass is 10.1. The van der Waals surface area contributed by atoms with E-state index in [1.807, 2.05) is 6.92 Å². The van der Waals surface area contributed by atoms with Gasteiger partial charge in [-0.3, -0.25) is 4.79 Å². The lowest BCUT2D eigenvalue weighted by molar-refractivity contribution is -0.146. The minimum atomic E-state index is -10.5. The first-order valence-corrected chi connectivity index (χ1v) is 11.5. The Bertz CT molecular complexity index is 665. The number of aliphatic hydroxyl groups excluding tert-OH is 1.